The molecule has 0 unspecified atom stereocenters. The molecule has 4 rings (SSSR count). The molecule has 234 valence electrons. The summed E-state index contributed by atoms with van der Waals surface area (Å²) >= 11 is 0. The van der Waals surface area contributed by atoms with Crippen LogP contribution < -0.4 is 0 Å². The molecule has 0 bridgehead atoms. The maximum absolute atomic E-state index is 10.9. The van der Waals surface area contributed by atoms with E-state index >= 15 is 0 Å². The molecule has 2 heteroatoms. The van der Waals surface area contributed by atoms with Crippen LogP contribution in [-0.4, -0.2) is 11.4 Å². The van der Waals surface area contributed by atoms with E-state index in [1.54, 1.807) is 0 Å². The normalized spacial score (nSPS) is 10.8. The largest absolute Gasteiger partial charge is 0.392 e. The second kappa shape index (κ2) is 19.7. The topological polar surface area (TPSA) is 37.3 Å². The number of aliphatic hydroxyl groups is 1. The molecule has 0 heterocycles. The van der Waals surface area contributed by atoms with Crippen molar-refractivity contribution in [3.63, 3.8) is 0 Å². The molecule has 0 aliphatic carbocycles. The molecular formula is C42H54O2. The van der Waals surface area contributed by atoms with Crippen LogP contribution in [0.25, 0.3) is 0 Å². The van der Waals surface area contributed by atoms with Crippen molar-refractivity contribution in [2.75, 3.05) is 0 Å². The third-order valence-corrected chi connectivity index (χ3v) is 8.05. The summed E-state index contributed by atoms with van der Waals surface area (Å²) in [5.41, 5.74) is 13.1. The van der Waals surface area contributed by atoms with Gasteiger partial charge in [-0.2, -0.15) is 0 Å². The fourth-order valence-electron chi connectivity index (χ4n) is 5.98. The second-order valence-corrected chi connectivity index (χ2v) is 12.2. The maximum Gasteiger partial charge on any atom is 0.150 e. The van der Waals surface area contributed by atoms with Crippen LogP contribution >= 0.6 is 0 Å². The van der Waals surface area contributed by atoms with Crippen molar-refractivity contribution in [1.82, 2.24) is 0 Å². The zero-order chi connectivity index (χ0) is 31.6. The maximum atomic E-state index is 10.9. The standard InChI is InChI=1S/C21H28O.C21H26O/c2*1-3-6-18-13-19(7-4-2)15-20(14-18)11-10-17-8-5-9-21(12-17)16-22/h5,8-9,12-15,22H,3-4,6-7,10-11,16H2,1-2H3;5,8-9,12-16H,3-4,6-7,10-11H2,1-2H3. The fraction of sp³-hybridized carbons (Fsp3) is 0.405. The van der Waals surface area contributed by atoms with Crippen molar-refractivity contribution in [2.24, 2.45) is 0 Å². The smallest absolute Gasteiger partial charge is 0.150 e. The Bertz CT molecular complexity index is 1370. The van der Waals surface area contributed by atoms with Crippen LogP contribution in [0.3, 0.4) is 0 Å². The molecule has 4 aromatic carbocycles. The summed E-state index contributed by atoms with van der Waals surface area (Å²) in [6.45, 7) is 9.08. The Balaban J connectivity index is 0.000000240. The molecule has 0 aromatic heterocycles. The van der Waals surface area contributed by atoms with Gasteiger partial charge in [0.15, 0.2) is 0 Å². The summed E-state index contributed by atoms with van der Waals surface area (Å²) < 4.78 is 0. The first-order valence-corrected chi connectivity index (χ1v) is 17.0. The van der Waals surface area contributed by atoms with E-state index < -0.39 is 0 Å². The Hall–Kier alpha value is -3.49. The van der Waals surface area contributed by atoms with Crippen molar-refractivity contribution < 1.29 is 9.90 Å². The minimum Gasteiger partial charge on any atom is -0.392 e. The van der Waals surface area contributed by atoms with Crippen LogP contribution in [0.15, 0.2) is 84.9 Å². The highest BCUT2D eigenvalue weighted by Crippen LogP contribution is 2.18. The predicted octanol–water partition coefficient (Wildman–Crippen LogP) is 10.1. The number of benzene rings is 4. The van der Waals surface area contributed by atoms with Crippen molar-refractivity contribution >= 4 is 6.29 Å². The van der Waals surface area contributed by atoms with Gasteiger partial charge in [0.05, 0.1) is 6.61 Å². The Morgan fingerprint density at radius 2 is 0.750 bits per heavy atom. The zero-order valence-corrected chi connectivity index (χ0v) is 27.7. The average molecular weight is 591 g/mol. The monoisotopic (exact) mass is 590 g/mol. The molecule has 4 aromatic rings. The van der Waals surface area contributed by atoms with Crippen LogP contribution in [0.1, 0.15) is 114 Å². The summed E-state index contributed by atoms with van der Waals surface area (Å²) in [7, 11) is 0. The van der Waals surface area contributed by atoms with Gasteiger partial charge >= 0.3 is 0 Å². The molecule has 44 heavy (non-hydrogen) atoms. The first-order valence-electron chi connectivity index (χ1n) is 17.0. The molecule has 0 saturated heterocycles. The number of carbonyl (C=O) groups excluding carboxylic acids is 1. The number of aryl methyl sites for hydroxylation is 8. The SMILES string of the molecule is CCCc1cc(CCC)cc(CCc2cccc(C=O)c2)c1.CCCc1cc(CCC)cc(CCc2cccc(CO)c2)c1. The minimum atomic E-state index is 0.125. The minimum absolute atomic E-state index is 0.125. The van der Waals surface area contributed by atoms with E-state index in [1.165, 1.54) is 83.0 Å². The Kier molecular flexibility index (Phi) is 15.7. The van der Waals surface area contributed by atoms with Gasteiger partial charge < -0.3 is 5.11 Å². The van der Waals surface area contributed by atoms with Gasteiger partial charge in [0.1, 0.15) is 6.29 Å². The quantitative estimate of drug-likeness (QED) is 0.132. The zero-order valence-electron chi connectivity index (χ0n) is 27.7. The van der Waals surface area contributed by atoms with Crippen LogP contribution in [0.2, 0.25) is 0 Å². The summed E-state index contributed by atoms with van der Waals surface area (Å²) in [6, 6.07) is 30.4. The van der Waals surface area contributed by atoms with Gasteiger partial charge in [-0.3, -0.25) is 4.79 Å². The molecule has 0 aliphatic rings. The van der Waals surface area contributed by atoms with E-state index in [0.29, 0.717) is 0 Å². The van der Waals surface area contributed by atoms with Gasteiger partial charge in [0.2, 0.25) is 0 Å². The van der Waals surface area contributed by atoms with Gasteiger partial charge in [-0.1, -0.05) is 132 Å². The highest BCUT2D eigenvalue weighted by atomic mass is 16.3. The summed E-state index contributed by atoms with van der Waals surface area (Å²) in [5.74, 6) is 0. The van der Waals surface area contributed by atoms with E-state index in [-0.39, 0.29) is 6.61 Å². The highest BCUT2D eigenvalue weighted by molar-refractivity contribution is 5.74. The molecule has 0 fully saturated rings. The predicted molar refractivity (Wildman–Crippen MR) is 188 cm³/mol. The van der Waals surface area contributed by atoms with E-state index in [2.05, 4.69) is 82.3 Å². The van der Waals surface area contributed by atoms with Gasteiger partial charge in [-0.15, -0.1) is 0 Å². The number of hydrogen-bond acceptors (Lipinski definition) is 2. The van der Waals surface area contributed by atoms with Gasteiger partial charge in [0, 0.05) is 5.56 Å². The van der Waals surface area contributed by atoms with Crippen molar-refractivity contribution in [2.45, 2.75) is 111 Å². The average Bonchev–Trinajstić information content (AvgIpc) is 3.04. The molecule has 0 atom stereocenters. The van der Waals surface area contributed by atoms with Gasteiger partial charge in [0.25, 0.3) is 0 Å². The molecule has 0 amide bonds. The lowest BCUT2D eigenvalue weighted by Crippen LogP contribution is -1.97. The van der Waals surface area contributed by atoms with E-state index in [4.69, 9.17) is 0 Å². The van der Waals surface area contributed by atoms with Crippen LogP contribution in [0, 0.1) is 0 Å². The molecule has 0 radical (unpaired) electrons. The first kappa shape index (κ1) is 35.0. The number of carbonyl (C=O) groups is 1. The van der Waals surface area contributed by atoms with Crippen molar-refractivity contribution in [3.05, 3.63) is 141 Å². The number of hydrogen-bond donors (Lipinski definition) is 1. The molecule has 0 spiro atoms. The third-order valence-electron chi connectivity index (χ3n) is 8.05. The Morgan fingerprint density at radius 1 is 0.432 bits per heavy atom. The third kappa shape index (κ3) is 12.2. The van der Waals surface area contributed by atoms with E-state index in [9.17, 15) is 9.90 Å². The van der Waals surface area contributed by atoms with Gasteiger partial charge in [-0.25, -0.2) is 0 Å². The molecule has 0 saturated carbocycles. The summed E-state index contributed by atoms with van der Waals surface area (Å²) in [4.78, 5) is 10.9. The van der Waals surface area contributed by atoms with Gasteiger partial charge in [-0.05, 0) is 108 Å². The number of aliphatic hydroxyl groups excluding tert-OH is 1. The lowest BCUT2D eigenvalue weighted by Gasteiger charge is -2.10. The fourth-order valence-corrected chi connectivity index (χ4v) is 5.98. The number of rotatable bonds is 16. The Morgan fingerprint density at radius 3 is 1.14 bits per heavy atom. The molecular weight excluding hydrogens is 536 g/mol. The van der Waals surface area contributed by atoms with Crippen molar-refractivity contribution in [1.29, 1.82) is 0 Å². The molecule has 2 nitrogen and oxygen atoms in total. The van der Waals surface area contributed by atoms with Crippen LogP contribution in [0.4, 0.5) is 0 Å². The molecule has 0 aliphatic heterocycles. The van der Waals surface area contributed by atoms with E-state index in [1.807, 2.05) is 30.3 Å². The van der Waals surface area contributed by atoms with Crippen LogP contribution in [0.5, 0.6) is 0 Å². The lowest BCUT2D eigenvalue weighted by atomic mass is 9.96. The second-order valence-electron chi connectivity index (χ2n) is 12.2. The van der Waals surface area contributed by atoms with Crippen LogP contribution in [-0.2, 0) is 58.0 Å². The van der Waals surface area contributed by atoms with Crippen molar-refractivity contribution in [3.8, 4) is 0 Å². The summed E-state index contributed by atoms with van der Waals surface area (Å²) in [5, 5.41) is 9.24. The Labute approximate surface area is 267 Å². The molecule has 1 N–H and O–H groups in total. The highest BCUT2D eigenvalue weighted by Gasteiger charge is 2.04. The number of aldehydes is 1. The summed E-state index contributed by atoms with van der Waals surface area (Å²) in [6.07, 6.45) is 14.5. The van der Waals surface area contributed by atoms with E-state index in [0.717, 1.165) is 55.9 Å². The first-order chi connectivity index (χ1) is 21.5. The lowest BCUT2D eigenvalue weighted by molar-refractivity contribution is 0.112.